The van der Waals surface area contributed by atoms with Crippen molar-refractivity contribution in [2.75, 3.05) is 0 Å². The highest BCUT2D eigenvalue weighted by Gasteiger charge is 2.09. The van der Waals surface area contributed by atoms with Gasteiger partial charge in [-0.05, 0) is 37.3 Å². The van der Waals surface area contributed by atoms with Gasteiger partial charge in [0.1, 0.15) is 18.1 Å². The lowest BCUT2D eigenvalue weighted by Crippen LogP contribution is -2.04. The van der Waals surface area contributed by atoms with E-state index in [1.807, 2.05) is 30.3 Å². The minimum atomic E-state index is 0.272. The van der Waals surface area contributed by atoms with Gasteiger partial charge in [-0.15, -0.1) is 0 Å². The third kappa shape index (κ3) is 2.69. The van der Waals surface area contributed by atoms with Crippen molar-refractivity contribution in [3.05, 3.63) is 59.2 Å². The van der Waals surface area contributed by atoms with Gasteiger partial charge >= 0.3 is 0 Å². The topological polar surface area (TPSA) is 34.4 Å². The summed E-state index contributed by atoms with van der Waals surface area (Å²) in [6.45, 7) is 3.32. The number of aryl methyl sites for hydroxylation is 1. The van der Waals surface area contributed by atoms with E-state index in [0.29, 0.717) is 17.4 Å². The number of aromatic nitrogens is 1. The predicted octanol–water partition coefficient (Wildman–Crippen LogP) is 4.60. The van der Waals surface area contributed by atoms with Crippen LogP contribution in [-0.4, -0.2) is 9.67 Å². The fourth-order valence-electron chi connectivity index (χ4n) is 2.51. The van der Waals surface area contributed by atoms with Crippen molar-refractivity contribution < 1.29 is 9.84 Å². The van der Waals surface area contributed by atoms with Crippen LogP contribution in [0, 0.1) is 0 Å². The Labute approximate surface area is 128 Å². The molecular weight excluding hydrogens is 286 g/mol. The molecule has 3 nitrogen and oxygen atoms in total. The summed E-state index contributed by atoms with van der Waals surface area (Å²) in [7, 11) is 0. The number of fused-ring (bicyclic) bond motifs is 1. The average molecular weight is 302 g/mol. The number of phenols is 1. The Hall–Kier alpha value is -2.13. The summed E-state index contributed by atoms with van der Waals surface area (Å²) in [5, 5.41) is 11.3. The number of para-hydroxylation sites is 1. The Balaban J connectivity index is 1.92. The summed E-state index contributed by atoms with van der Waals surface area (Å²) in [6.07, 6.45) is 0. The molecule has 1 heterocycles. The molecule has 0 radical (unpaired) electrons. The van der Waals surface area contributed by atoms with Gasteiger partial charge in [0.05, 0.1) is 16.2 Å². The van der Waals surface area contributed by atoms with Gasteiger partial charge in [-0.3, -0.25) is 0 Å². The van der Waals surface area contributed by atoms with Gasteiger partial charge in [-0.2, -0.15) is 0 Å². The van der Waals surface area contributed by atoms with Crippen molar-refractivity contribution in [2.24, 2.45) is 0 Å². The van der Waals surface area contributed by atoms with E-state index in [1.54, 1.807) is 12.1 Å². The average Bonchev–Trinajstić information content (AvgIpc) is 2.83. The van der Waals surface area contributed by atoms with E-state index < -0.39 is 0 Å². The highest BCUT2D eigenvalue weighted by molar-refractivity contribution is 6.32. The molecule has 3 aromatic rings. The quantitative estimate of drug-likeness (QED) is 0.764. The molecule has 0 bridgehead atoms. The first-order chi connectivity index (χ1) is 10.2. The summed E-state index contributed by atoms with van der Waals surface area (Å²) in [6, 6.07) is 14.9. The van der Waals surface area contributed by atoms with Gasteiger partial charge in [-0.1, -0.05) is 23.7 Å². The molecule has 0 saturated heterocycles. The van der Waals surface area contributed by atoms with Crippen molar-refractivity contribution in [1.82, 2.24) is 4.57 Å². The maximum Gasteiger partial charge on any atom is 0.138 e. The fourth-order valence-corrected chi connectivity index (χ4v) is 2.70. The number of aromatic hydroxyl groups is 1. The van der Waals surface area contributed by atoms with Gasteiger partial charge in [0, 0.05) is 18.0 Å². The number of rotatable bonds is 4. The monoisotopic (exact) mass is 301 g/mol. The number of benzene rings is 2. The Morgan fingerprint density at radius 1 is 1.14 bits per heavy atom. The van der Waals surface area contributed by atoms with Crippen molar-refractivity contribution in [3.8, 4) is 11.5 Å². The number of hydrogen-bond acceptors (Lipinski definition) is 2. The van der Waals surface area contributed by atoms with Gasteiger partial charge in [0.15, 0.2) is 0 Å². The Bertz CT molecular complexity index is 780. The third-order valence-corrected chi connectivity index (χ3v) is 3.81. The van der Waals surface area contributed by atoms with Crippen LogP contribution in [0.4, 0.5) is 0 Å². The highest BCUT2D eigenvalue weighted by atomic mass is 35.5. The second-order valence-electron chi connectivity index (χ2n) is 4.84. The van der Waals surface area contributed by atoms with E-state index in [4.69, 9.17) is 16.3 Å². The SMILES string of the molecule is CCn1c(COc2ccccc2Cl)cc2ccc(O)cc21. The van der Waals surface area contributed by atoms with E-state index in [2.05, 4.69) is 17.6 Å². The second-order valence-corrected chi connectivity index (χ2v) is 5.25. The summed E-state index contributed by atoms with van der Waals surface area (Å²) in [5.41, 5.74) is 2.06. The molecule has 0 unspecified atom stereocenters. The van der Waals surface area contributed by atoms with Crippen molar-refractivity contribution in [2.45, 2.75) is 20.1 Å². The van der Waals surface area contributed by atoms with E-state index in [9.17, 15) is 5.11 Å². The summed E-state index contributed by atoms with van der Waals surface area (Å²) in [5.74, 6) is 0.948. The minimum Gasteiger partial charge on any atom is -0.508 e. The molecule has 0 spiro atoms. The van der Waals surface area contributed by atoms with Crippen LogP contribution in [0.1, 0.15) is 12.6 Å². The molecule has 0 aliphatic rings. The molecule has 1 aromatic heterocycles. The first kappa shape index (κ1) is 13.8. The van der Waals surface area contributed by atoms with Crippen LogP contribution in [0.25, 0.3) is 10.9 Å². The largest absolute Gasteiger partial charge is 0.508 e. The van der Waals surface area contributed by atoms with Crippen LogP contribution < -0.4 is 4.74 Å². The first-order valence-electron chi connectivity index (χ1n) is 6.87. The zero-order valence-corrected chi connectivity index (χ0v) is 12.5. The standard InChI is InChI=1S/C17H16ClNO2/c1-2-19-13(9-12-7-8-14(20)10-16(12)19)11-21-17-6-4-3-5-15(17)18/h3-10,20H,2,11H2,1H3. The van der Waals surface area contributed by atoms with Gasteiger partial charge in [0.25, 0.3) is 0 Å². The van der Waals surface area contributed by atoms with Crippen molar-refractivity contribution in [3.63, 3.8) is 0 Å². The first-order valence-corrected chi connectivity index (χ1v) is 7.25. The molecule has 1 N–H and O–H groups in total. The van der Waals surface area contributed by atoms with Crippen molar-refractivity contribution >= 4 is 22.5 Å². The molecule has 0 fully saturated rings. The van der Waals surface area contributed by atoms with Crippen LogP contribution in [-0.2, 0) is 13.2 Å². The van der Waals surface area contributed by atoms with Gasteiger partial charge < -0.3 is 14.4 Å². The van der Waals surface area contributed by atoms with Gasteiger partial charge in [-0.25, -0.2) is 0 Å². The van der Waals surface area contributed by atoms with Crippen LogP contribution >= 0.6 is 11.6 Å². The lowest BCUT2D eigenvalue weighted by molar-refractivity contribution is 0.296. The number of nitrogens with zero attached hydrogens (tertiary/aromatic N) is 1. The molecule has 0 saturated carbocycles. The minimum absolute atomic E-state index is 0.272. The maximum absolute atomic E-state index is 9.64. The van der Waals surface area contributed by atoms with Gasteiger partial charge in [0.2, 0.25) is 0 Å². The van der Waals surface area contributed by atoms with Crippen LogP contribution in [0.3, 0.4) is 0 Å². The van der Waals surface area contributed by atoms with Crippen LogP contribution in [0.5, 0.6) is 11.5 Å². The predicted molar refractivity (Wildman–Crippen MR) is 85.1 cm³/mol. The van der Waals surface area contributed by atoms with E-state index in [1.165, 1.54) is 0 Å². The molecule has 0 atom stereocenters. The molecule has 2 aromatic carbocycles. The zero-order valence-electron chi connectivity index (χ0n) is 11.7. The fraction of sp³-hybridized carbons (Fsp3) is 0.176. The normalized spacial score (nSPS) is 11.0. The molecular formula is C17H16ClNO2. The third-order valence-electron chi connectivity index (χ3n) is 3.50. The number of ether oxygens (including phenoxy) is 1. The lowest BCUT2D eigenvalue weighted by atomic mass is 10.2. The number of phenolic OH excluding ortho intramolecular Hbond substituents is 1. The smallest absolute Gasteiger partial charge is 0.138 e. The molecule has 0 amide bonds. The lowest BCUT2D eigenvalue weighted by Gasteiger charge is -2.10. The zero-order chi connectivity index (χ0) is 14.8. The summed E-state index contributed by atoms with van der Waals surface area (Å²) < 4.78 is 7.94. The van der Waals surface area contributed by atoms with E-state index >= 15 is 0 Å². The number of hydrogen-bond donors (Lipinski definition) is 1. The molecule has 0 aliphatic carbocycles. The molecule has 21 heavy (non-hydrogen) atoms. The van der Waals surface area contributed by atoms with Crippen LogP contribution in [0.15, 0.2) is 48.5 Å². The van der Waals surface area contributed by atoms with E-state index in [0.717, 1.165) is 23.1 Å². The van der Waals surface area contributed by atoms with E-state index in [-0.39, 0.29) is 5.75 Å². The summed E-state index contributed by atoms with van der Waals surface area (Å²) >= 11 is 6.10. The molecule has 3 rings (SSSR count). The Kier molecular flexibility index (Phi) is 3.76. The highest BCUT2D eigenvalue weighted by Crippen LogP contribution is 2.27. The maximum atomic E-state index is 9.64. The summed E-state index contributed by atoms with van der Waals surface area (Å²) in [4.78, 5) is 0. The Morgan fingerprint density at radius 2 is 1.95 bits per heavy atom. The number of halogens is 1. The second kappa shape index (κ2) is 5.70. The Morgan fingerprint density at radius 3 is 2.71 bits per heavy atom. The molecule has 4 heteroatoms. The molecule has 108 valence electrons. The molecule has 0 aliphatic heterocycles. The van der Waals surface area contributed by atoms with Crippen LogP contribution in [0.2, 0.25) is 5.02 Å². The van der Waals surface area contributed by atoms with Crippen molar-refractivity contribution in [1.29, 1.82) is 0 Å².